The van der Waals surface area contributed by atoms with Crippen molar-refractivity contribution in [1.82, 2.24) is 5.16 Å². The van der Waals surface area contributed by atoms with Gasteiger partial charge >= 0.3 is 0 Å². The van der Waals surface area contributed by atoms with Gasteiger partial charge in [-0.25, -0.2) is 0 Å². The summed E-state index contributed by atoms with van der Waals surface area (Å²) in [5, 5.41) is 6.25. The van der Waals surface area contributed by atoms with E-state index in [1.807, 2.05) is 30.3 Å². The maximum Gasteiger partial charge on any atom is 0.239 e. The molecule has 1 aromatic heterocycles. The summed E-state index contributed by atoms with van der Waals surface area (Å²) >= 11 is 0. The van der Waals surface area contributed by atoms with Gasteiger partial charge in [0.2, 0.25) is 11.8 Å². The molecule has 0 aliphatic carbocycles. The zero-order valence-electron chi connectivity index (χ0n) is 8.23. The molecule has 0 unspecified atom stereocenters. The second kappa shape index (κ2) is 3.96. The predicted molar refractivity (Wildman–Crippen MR) is 56.2 cm³/mol. The van der Waals surface area contributed by atoms with Gasteiger partial charge in [0.25, 0.3) is 0 Å². The Morgan fingerprint density at radius 3 is 2.73 bits per heavy atom. The van der Waals surface area contributed by atoms with Crippen LogP contribution in [-0.4, -0.2) is 11.1 Å². The van der Waals surface area contributed by atoms with Crippen LogP contribution in [0.4, 0.5) is 5.88 Å². The number of anilines is 1. The van der Waals surface area contributed by atoms with Gasteiger partial charge in [0, 0.05) is 6.92 Å². The molecule has 1 amide bonds. The number of carbonyl (C=O) groups excluding carboxylic acids is 1. The molecule has 2 rings (SSSR count). The Balaban J connectivity index is 2.37. The van der Waals surface area contributed by atoms with Crippen molar-refractivity contribution in [3.8, 4) is 11.1 Å². The van der Waals surface area contributed by atoms with Gasteiger partial charge in [-0.05, 0) is 5.56 Å². The Hall–Kier alpha value is -2.10. The molecule has 0 aliphatic rings. The summed E-state index contributed by atoms with van der Waals surface area (Å²) in [7, 11) is 0. The smallest absolute Gasteiger partial charge is 0.239 e. The fraction of sp³-hybridized carbons (Fsp3) is 0.0909. The minimum Gasteiger partial charge on any atom is -0.338 e. The van der Waals surface area contributed by atoms with Gasteiger partial charge in [0.1, 0.15) is 0 Å². The van der Waals surface area contributed by atoms with E-state index in [0.717, 1.165) is 11.1 Å². The van der Waals surface area contributed by atoms with E-state index in [1.165, 1.54) is 6.92 Å². The van der Waals surface area contributed by atoms with Gasteiger partial charge in [-0.15, -0.1) is 0 Å². The molecular weight excluding hydrogens is 192 g/mol. The van der Waals surface area contributed by atoms with Gasteiger partial charge in [-0.2, -0.15) is 0 Å². The molecule has 0 saturated carbocycles. The van der Waals surface area contributed by atoms with E-state index < -0.39 is 0 Å². The van der Waals surface area contributed by atoms with Crippen LogP contribution in [0.15, 0.2) is 41.1 Å². The van der Waals surface area contributed by atoms with E-state index in [2.05, 4.69) is 10.5 Å². The summed E-state index contributed by atoms with van der Waals surface area (Å²) in [6.45, 7) is 1.43. The fourth-order valence-corrected chi connectivity index (χ4v) is 1.31. The maximum absolute atomic E-state index is 10.9. The average molecular weight is 202 g/mol. The number of nitrogens with zero attached hydrogens (tertiary/aromatic N) is 1. The van der Waals surface area contributed by atoms with Crippen molar-refractivity contribution in [1.29, 1.82) is 0 Å². The minimum absolute atomic E-state index is 0.177. The minimum atomic E-state index is -0.177. The molecule has 0 radical (unpaired) electrons. The number of carbonyl (C=O) groups is 1. The normalized spacial score (nSPS) is 9.93. The molecule has 76 valence electrons. The van der Waals surface area contributed by atoms with Crippen LogP contribution in [-0.2, 0) is 4.79 Å². The van der Waals surface area contributed by atoms with Crippen LogP contribution < -0.4 is 5.32 Å². The number of hydrogen-bond acceptors (Lipinski definition) is 3. The van der Waals surface area contributed by atoms with E-state index in [-0.39, 0.29) is 5.91 Å². The first kappa shape index (κ1) is 9.45. The largest absolute Gasteiger partial charge is 0.338 e. The molecule has 1 N–H and O–H groups in total. The fourth-order valence-electron chi connectivity index (χ4n) is 1.31. The van der Waals surface area contributed by atoms with Gasteiger partial charge in [-0.1, -0.05) is 35.5 Å². The van der Waals surface area contributed by atoms with Gasteiger partial charge in [0.15, 0.2) is 0 Å². The molecule has 0 bridgehead atoms. The van der Waals surface area contributed by atoms with Crippen LogP contribution in [0.25, 0.3) is 11.1 Å². The van der Waals surface area contributed by atoms with E-state index in [0.29, 0.717) is 5.88 Å². The number of amides is 1. The highest BCUT2D eigenvalue weighted by Crippen LogP contribution is 2.27. The third-order valence-corrected chi connectivity index (χ3v) is 1.94. The lowest BCUT2D eigenvalue weighted by Gasteiger charge is -2.00. The topological polar surface area (TPSA) is 55.1 Å². The molecule has 0 saturated heterocycles. The first-order valence-electron chi connectivity index (χ1n) is 4.55. The lowest BCUT2D eigenvalue weighted by molar-refractivity contribution is -0.114. The summed E-state index contributed by atoms with van der Waals surface area (Å²) in [5.41, 5.74) is 1.74. The summed E-state index contributed by atoms with van der Waals surface area (Å²) in [6, 6.07) is 9.62. The average Bonchev–Trinajstić information content (AvgIpc) is 2.66. The standard InChI is InChI=1S/C11H10N2O2/c1-8(14)13-11-10(7-12-15-11)9-5-3-2-4-6-9/h2-7H,1H3,(H,13,14). The van der Waals surface area contributed by atoms with Crippen molar-refractivity contribution in [2.45, 2.75) is 6.92 Å². The molecule has 1 aromatic carbocycles. The van der Waals surface area contributed by atoms with E-state index >= 15 is 0 Å². The molecule has 4 heteroatoms. The summed E-state index contributed by atoms with van der Waals surface area (Å²) < 4.78 is 4.95. The van der Waals surface area contributed by atoms with Crippen LogP contribution in [0.3, 0.4) is 0 Å². The Bertz CT molecular complexity index is 462. The molecule has 0 spiro atoms. The van der Waals surface area contributed by atoms with Crippen molar-refractivity contribution in [2.75, 3.05) is 5.32 Å². The first-order valence-corrected chi connectivity index (χ1v) is 4.55. The van der Waals surface area contributed by atoms with Gasteiger partial charge in [0.05, 0.1) is 11.8 Å². The molecule has 4 nitrogen and oxygen atoms in total. The van der Waals surface area contributed by atoms with E-state index in [1.54, 1.807) is 6.20 Å². The van der Waals surface area contributed by atoms with Crippen LogP contribution in [0.5, 0.6) is 0 Å². The molecular formula is C11H10N2O2. The third-order valence-electron chi connectivity index (χ3n) is 1.94. The number of aromatic nitrogens is 1. The van der Waals surface area contributed by atoms with Crippen LogP contribution in [0.2, 0.25) is 0 Å². The quantitative estimate of drug-likeness (QED) is 0.812. The summed E-state index contributed by atoms with van der Waals surface area (Å²) in [4.78, 5) is 10.9. The van der Waals surface area contributed by atoms with Crippen molar-refractivity contribution in [2.24, 2.45) is 0 Å². The van der Waals surface area contributed by atoms with Crippen LogP contribution in [0, 0.1) is 0 Å². The second-order valence-corrected chi connectivity index (χ2v) is 3.12. The number of hydrogen-bond donors (Lipinski definition) is 1. The van der Waals surface area contributed by atoms with E-state index in [9.17, 15) is 4.79 Å². The first-order chi connectivity index (χ1) is 7.27. The highest BCUT2D eigenvalue weighted by atomic mass is 16.5. The van der Waals surface area contributed by atoms with Crippen LogP contribution in [0.1, 0.15) is 6.92 Å². The lowest BCUT2D eigenvalue weighted by Crippen LogP contribution is -2.05. The predicted octanol–water partition coefficient (Wildman–Crippen LogP) is 2.30. The highest BCUT2D eigenvalue weighted by Gasteiger charge is 2.10. The Kier molecular flexibility index (Phi) is 2.49. The Morgan fingerprint density at radius 2 is 2.07 bits per heavy atom. The summed E-state index contributed by atoms with van der Waals surface area (Å²) in [5.74, 6) is 0.206. The van der Waals surface area contributed by atoms with Crippen molar-refractivity contribution < 1.29 is 9.32 Å². The maximum atomic E-state index is 10.9. The Morgan fingerprint density at radius 1 is 1.33 bits per heavy atom. The van der Waals surface area contributed by atoms with E-state index in [4.69, 9.17) is 4.52 Å². The van der Waals surface area contributed by atoms with Crippen molar-refractivity contribution in [3.63, 3.8) is 0 Å². The zero-order valence-corrected chi connectivity index (χ0v) is 8.23. The number of benzene rings is 1. The van der Waals surface area contributed by atoms with Crippen molar-refractivity contribution >= 4 is 11.8 Å². The van der Waals surface area contributed by atoms with Crippen molar-refractivity contribution in [3.05, 3.63) is 36.5 Å². The van der Waals surface area contributed by atoms with Gasteiger partial charge in [-0.3, -0.25) is 10.1 Å². The Labute approximate surface area is 86.9 Å². The lowest BCUT2D eigenvalue weighted by atomic mass is 10.1. The van der Waals surface area contributed by atoms with Gasteiger partial charge < -0.3 is 4.52 Å². The molecule has 0 atom stereocenters. The molecule has 2 aromatic rings. The monoisotopic (exact) mass is 202 g/mol. The number of nitrogens with one attached hydrogen (secondary N) is 1. The zero-order chi connectivity index (χ0) is 10.7. The summed E-state index contributed by atoms with van der Waals surface area (Å²) in [6.07, 6.45) is 1.58. The molecule has 0 aliphatic heterocycles. The second-order valence-electron chi connectivity index (χ2n) is 3.12. The molecule has 1 heterocycles. The molecule has 0 fully saturated rings. The SMILES string of the molecule is CC(=O)Nc1oncc1-c1ccccc1. The molecule has 15 heavy (non-hydrogen) atoms. The third kappa shape index (κ3) is 2.04. The number of rotatable bonds is 2. The highest BCUT2D eigenvalue weighted by molar-refractivity contribution is 5.91. The van der Waals surface area contributed by atoms with Crippen LogP contribution >= 0.6 is 0 Å².